The van der Waals surface area contributed by atoms with Gasteiger partial charge in [-0.3, -0.25) is 4.79 Å². The average Bonchev–Trinajstić information content (AvgIpc) is 3.70. The molecule has 0 aromatic rings. The zero-order valence-electron chi connectivity index (χ0n) is 53.8. The molecule has 14 heteroatoms. The zero-order chi connectivity index (χ0) is 61.6. The number of hydrogen-bond acceptors (Lipinski definition) is 13. The number of hydrogen-bond donors (Lipinski definition) is 9. The van der Waals surface area contributed by atoms with E-state index in [4.69, 9.17) is 18.9 Å². The second kappa shape index (κ2) is 55.7. The van der Waals surface area contributed by atoms with E-state index in [-0.39, 0.29) is 18.9 Å². The number of carbonyl (C=O) groups is 1. The highest BCUT2D eigenvalue weighted by Crippen LogP contribution is 2.30. The van der Waals surface area contributed by atoms with Gasteiger partial charge in [-0.15, -0.1) is 0 Å². The molecule has 0 aliphatic carbocycles. The maximum absolute atomic E-state index is 13.3. The summed E-state index contributed by atoms with van der Waals surface area (Å²) in [5.74, 6) is -0.250. The molecule has 12 atom stereocenters. The molecule has 2 saturated heterocycles. The van der Waals surface area contributed by atoms with Gasteiger partial charge in [0.05, 0.1) is 32.0 Å². The van der Waals surface area contributed by atoms with Crippen LogP contribution in [0.25, 0.3) is 0 Å². The van der Waals surface area contributed by atoms with E-state index in [1.165, 1.54) is 205 Å². The quantitative estimate of drug-likeness (QED) is 0.0204. The number of aliphatic hydroxyl groups excluding tert-OH is 8. The predicted molar refractivity (Wildman–Crippen MR) is 346 cm³/mol. The van der Waals surface area contributed by atoms with E-state index >= 15 is 0 Å². The van der Waals surface area contributed by atoms with Crippen molar-refractivity contribution >= 4 is 5.91 Å². The first-order valence-electron chi connectivity index (χ1n) is 35.0. The summed E-state index contributed by atoms with van der Waals surface area (Å²) in [4.78, 5) is 13.3. The lowest BCUT2D eigenvalue weighted by Gasteiger charge is -2.46. The maximum Gasteiger partial charge on any atom is 0.220 e. The summed E-state index contributed by atoms with van der Waals surface area (Å²) in [7, 11) is 0. The fraction of sp³-hybridized carbons (Fsp3) is 0.845. The number of carbonyl (C=O) groups excluding carboxylic acids is 1. The lowest BCUT2D eigenvalue weighted by molar-refractivity contribution is -0.359. The van der Waals surface area contributed by atoms with Gasteiger partial charge in [-0.25, -0.2) is 0 Å². The lowest BCUT2D eigenvalue weighted by Crippen LogP contribution is -2.65. The molecule has 14 nitrogen and oxygen atoms in total. The number of amides is 1. The minimum Gasteiger partial charge on any atom is -0.394 e. The molecule has 0 saturated carbocycles. The fourth-order valence-electron chi connectivity index (χ4n) is 11.3. The molecule has 85 heavy (non-hydrogen) atoms. The number of nitrogens with one attached hydrogen (secondary N) is 1. The van der Waals surface area contributed by atoms with Crippen LogP contribution in [0.2, 0.25) is 0 Å². The number of unbranched alkanes of at least 4 members (excludes halogenated alkanes) is 36. The van der Waals surface area contributed by atoms with Gasteiger partial charge in [0.25, 0.3) is 0 Å². The van der Waals surface area contributed by atoms with E-state index < -0.39 is 86.8 Å². The Balaban J connectivity index is 1.62. The Bertz CT molecular complexity index is 1660. The largest absolute Gasteiger partial charge is 0.394 e. The molecule has 2 aliphatic heterocycles. The Kier molecular flexibility index (Phi) is 51.7. The summed E-state index contributed by atoms with van der Waals surface area (Å²) < 4.78 is 22.8. The van der Waals surface area contributed by atoms with Gasteiger partial charge < -0.3 is 65.1 Å². The van der Waals surface area contributed by atoms with Gasteiger partial charge in [-0.05, 0) is 77.0 Å². The van der Waals surface area contributed by atoms with Crippen molar-refractivity contribution in [2.45, 2.75) is 364 Å². The van der Waals surface area contributed by atoms with Crippen LogP contribution >= 0.6 is 0 Å². The number of aliphatic hydroxyl groups is 8. The van der Waals surface area contributed by atoms with Crippen molar-refractivity contribution in [2.75, 3.05) is 19.8 Å². The van der Waals surface area contributed by atoms with Gasteiger partial charge in [-0.2, -0.15) is 0 Å². The summed E-state index contributed by atoms with van der Waals surface area (Å²) in [5, 5.41) is 87.2. The molecule has 0 spiro atoms. The average molecular weight is 1200 g/mol. The Morgan fingerprint density at radius 3 is 1.22 bits per heavy atom. The van der Waals surface area contributed by atoms with Crippen molar-refractivity contribution in [1.29, 1.82) is 0 Å². The molecule has 2 fully saturated rings. The van der Waals surface area contributed by atoms with Crippen molar-refractivity contribution in [1.82, 2.24) is 5.32 Å². The molecule has 9 N–H and O–H groups in total. The van der Waals surface area contributed by atoms with Crippen LogP contribution < -0.4 is 5.32 Å². The molecule has 0 radical (unpaired) electrons. The van der Waals surface area contributed by atoms with Crippen LogP contribution in [0.1, 0.15) is 290 Å². The SMILES string of the molecule is CCCCCCC/C=C\C/C=C\CCCCCCCCCCCCCCCCCCCCCCCCCC(=O)NC(COC1OC(CO)C(OC2OC(CO)C(O)C(O)C2O)C(O)C1O)C(O)/C=C/CC/C=C/CC/C=C/CCCCCCCC. The summed E-state index contributed by atoms with van der Waals surface area (Å²) in [6, 6.07) is -0.938. The number of ether oxygens (including phenoxy) is 4. The molecule has 2 rings (SSSR count). The van der Waals surface area contributed by atoms with Crippen LogP contribution in [0.15, 0.2) is 60.8 Å². The molecule has 1 amide bonds. The standard InChI is InChI=1S/C71H129NO13/c1-3-5-7-9-11-13-15-17-19-21-22-23-24-25-26-27-28-29-30-31-32-33-34-35-36-37-38-39-41-43-45-47-49-51-53-55-63(76)72-59(60(75)54-52-50-48-46-44-42-40-20-18-16-14-12-10-8-6-4-2)58-82-70-68(81)66(79)69(62(57-74)84-70)85-71-67(80)65(78)64(77)61(56-73)83-71/h15,17-18,20-22,44,46,52,54,59-62,64-71,73-75,77-81H,3-14,16,19,23-43,45,47-51,53,55-58H2,1-2H3,(H,72,76)/b17-15-,20-18+,22-21-,46-44+,54-52+. The molecule has 0 aromatic carbocycles. The van der Waals surface area contributed by atoms with Crippen LogP contribution in [0.4, 0.5) is 0 Å². The third-order valence-electron chi connectivity index (χ3n) is 16.9. The van der Waals surface area contributed by atoms with E-state index in [9.17, 15) is 45.6 Å². The summed E-state index contributed by atoms with van der Waals surface area (Å²) >= 11 is 0. The van der Waals surface area contributed by atoms with Crippen LogP contribution in [-0.2, 0) is 23.7 Å². The molecule has 2 heterocycles. The number of rotatable bonds is 57. The first-order chi connectivity index (χ1) is 41.6. The first-order valence-corrected chi connectivity index (χ1v) is 35.0. The third kappa shape index (κ3) is 40.1. The monoisotopic (exact) mass is 1200 g/mol. The smallest absolute Gasteiger partial charge is 0.220 e. The van der Waals surface area contributed by atoms with Crippen molar-refractivity contribution in [3.63, 3.8) is 0 Å². The van der Waals surface area contributed by atoms with Gasteiger partial charge in [0.15, 0.2) is 12.6 Å². The van der Waals surface area contributed by atoms with Gasteiger partial charge in [0.2, 0.25) is 5.91 Å². The highest BCUT2D eigenvalue weighted by Gasteiger charge is 2.51. The molecule has 0 bridgehead atoms. The van der Waals surface area contributed by atoms with E-state index in [0.717, 1.165) is 51.4 Å². The summed E-state index contributed by atoms with van der Waals surface area (Å²) in [6.45, 7) is 2.77. The molecule has 12 unspecified atom stereocenters. The highest BCUT2D eigenvalue weighted by molar-refractivity contribution is 5.76. The fourth-order valence-corrected chi connectivity index (χ4v) is 11.3. The van der Waals surface area contributed by atoms with Crippen molar-refractivity contribution < 1.29 is 64.6 Å². The van der Waals surface area contributed by atoms with E-state index in [1.807, 2.05) is 6.08 Å². The van der Waals surface area contributed by atoms with Crippen molar-refractivity contribution in [3.05, 3.63) is 60.8 Å². The second-order valence-electron chi connectivity index (χ2n) is 24.6. The maximum atomic E-state index is 13.3. The summed E-state index contributed by atoms with van der Waals surface area (Å²) in [5.41, 5.74) is 0. The van der Waals surface area contributed by atoms with Gasteiger partial charge in [-0.1, -0.05) is 267 Å². The zero-order valence-corrected chi connectivity index (χ0v) is 53.8. The Morgan fingerprint density at radius 2 is 0.788 bits per heavy atom. The van der Waals surface area contributed by atoms with Crippen molar-refractivity contribution in [2.24, 2.45) is 0 Å². The van der Waals surface area contributed by atoms with Gasteiger partial charge in [0.1, 0.15) is 48.8 Å². The topological polar surface area (TPSA) is 228 Å². The van der Waals surface area contributed by atoms with Gasteiger partial charge >= 0.3 is 0 Å². The molecule has 0 aromatic heterocycles. The second-order valence-corrected chi connectivity index (χ2v) is 24.6. The van der Waals surface area contributed by atoms with Crippen LogP contribution in [0, 0.1) is 0 Å². The third-order valence-corrected chi connectivity index (χ3v) is 16.9. The van der Waals surface area contributed by atoms with E-state index in [0.29, 0.717) is 12.8 Å². The van der Waals surface area contributed by atoms with E-state index in [1.54, 1.807) is 6.08 Å². The Labute approximate surface area is 517 Å². The lowest BCUT2D eigenvalue weighted by atomic mass is 9.97. The minimum absolute atomic E-state index is 0.250. The van der Waals surface area contributed by atoms with Crippen molar-refractivity contribution in [3.8, 4) is 0 Å². The normalized spacial score (nSPS) is 23.9. The Hall–Kier alpha value is -2.31. The molecular formula is C71H129NO13. The molecular weight excluding hydrogens is 1070 g/mol. The van der Waals surface area contributed by atoms with Crippen LogP contribution in [0.3, 0.4) is 0 Å². The van der Waals surface area contributed by atoms with Gasteiger partial charge in [0, 0.05) is 6.42 Å². The minimum atomic E-state index is -1.79. The summed E-state index contributed by atoms with van der Waals surface area (Å²) in [6.07, 6.45) is 57.2. The first kappa shape index (κ1) is 78.8. The van der Waals surface area contributed by atoms with E-state index in [2.05, 4.69) is 67.8 Å². The predicted octanol–water partition coefficient (Wildman–Crippen LogP) is 14.1. The van der Waals surface area contributed by atoms with Crippen LogP contribution in [-0.4, -0.2) is 140 Å². The highest BCUT2D eigenvalue weighted by atomic mass is 16.7. The Morgan fingerprint density at radius 1 is 0.424 bits per heavy atom. The number of allylic oxidation sites excluding steroid dienone is 9. The van der Waals surface area contributed by atoms with Crippen LogP contribution in [0.5, 0.6) is 0 Å². The molecule has 496 valence electrons. The molecule has 2 aliphatic rings.